The van der Waals surface area contributed by atoms with Crippen molar-refractivity contribution < 1.29 is 16.3 Å². The number of nitrogens with one attached hydrogen (secondary N) is 1. The molecule has 2 saturated heterocycles. The van der Waals surface area contributed by atoms with E-state index in [-0.39, 0.29) is 17.7 Å². The first-order chi connectivity index (χ1) is 15.9. The molecule has 6 nitrogen and oxygen atoms in total. The lowest BCUT2D eigenvalue weighted by Crippen LogP contribution is -2.32. The lowest BCUT2D eigenvalue weighted by Gasteiger charge is -2.27. The summed E-state index contributed by atoms with van der Waals surface area (Å²) in [5, 5.41) is 11.8. The molecule has 2 aliphatic heterocycles. The number of aromatic nitrogens is 3. The van der Waals surface area contributed by atoms with Crippen LogP contribution in [0, 0.1) is 17.8 Å². The van der Waals surface area contributed by atoms with E-state index in [0.29, 0.717) is 42.1 Å². The molecule has 2 aromatic rings. The molecule has 166 valence electrons. The minimum atomic E-state index is -2.67. The molecule has 1 N–H and O–H groups in total. The van der Waals surface area contributed by atoms with Gasteiger partial charge in [-0.25, -0.2) is 8.78 Å². The van der Waals surface area contributed by atoms with Crippen molar-refractivity contribution in [2.24, 2.45) is 17.8 Å². The van der Waals surface area contributed by atoms with Crippen molar-refractivity contribution in [3.05, 3.63) is 36.2 Å². The van der Waals surface area contributed by atoms with Crippen LogP contribution in [0.2, 0.25) is 0 Å². The van der Waals surface area contributed by atoms with E-state index in [1.54, 1.807) is 24.3 Å². The standard InChI is InChI=1S/C23H29F2N5O/c24-23(25)22-19(2-1-7-26-22)20-3-4-21(29-28-20)27-18-10-16-13-30(14-17(16)11-18)12-15-5-8-31-9-6-15/h1-4,7,15-18,23H,5-6,8-14H2,(H,27,29)/i12D2. The summed E-state index contributed by atoms with van der Waals surface area (Å²) in [6, 6.07) is 6.91. The molecule has 3 aliphatic rings. The maximum Gasteiger partial charge on any atom is 0.281 e. The summed E-state index contributed by atoms with van der Waals surface area (Å²) in [6.07, 6.45) is 2.18. The van der Waals surface area contributed by atoms with Crippen LogP contribution in [0.3, 0.4) is 0 Å². The number of hydrogen-bond donors (Lipinski definition) is 1. The largest absolute Gasteiger partial charge is 0.381 e. The van der Waals surface area contributed by atoms with E-state index in [1.165, 1.54) is 6.20 Å². The highest BCUT2D eigenvalue weighted by Gasteiger charge is 2.41. The molecule has 1 aliphatic carbocycles. The molecule has 2 aromatic heterocycles. The fourth-order valence-corrected chi connectivity index (χ4v) is 5.18. The van der Waals surface area contributed by atoms with Gasteiger partial charge in [-0.1, -0.05) is 0 Å². The topological polar surface area (TPSA) is 63.2 Å². The Morgan fingerprint density at radius 3 is 2.58 bits per heavy atom. The Morgan fingerprint density at radius 2 is 1.90 bits per heavy atom. The quantitative estimate of drug-likeness (QED) is 0.745. The second-order valence-electron chi connectivity index (χ2n) is 8.79. The number of pyridine rings is 1. The molecule has 8 heteroatoms. The number of anilines is 1. The molecule has 0 bridgehead atoms. The van der Waals surface area contributed by atoms with Crippen molar-refractivity contribution in [3.63, 3.8) is 0 Å². The first-order valence-electron chi connectivity index (χ1n) is 12.1. The summed E-state index contributed by atoms with van der Waals surface area (Å²) in [4.78, 5) is 5.83. The number of halogens is 2. The van der Waals surface area contributed by atoms with Crippen molar-refractivity contribution in [1.29, 1.82) is 0 Å². The van der Waals surface area contributed by atoms with Gasteiger partial charge in [-0.15, -0.1) is 10.2 Å². The summed E-state index contributed by atoms with van der Waals surface area (Å²) in [5.74, 6) is 1.60. The van der Waals surface area contributed by atoms with E-state index in [4.69, 9.17) is 7.48 Å². The third-order valence-corrected chi connectivity index (χ3v) is 6.68. The summed E-state index contributed by atoms with van der Waals surface area (Å²) >= 11 is 0. The summed E-state index contributed by atoms with van der Waals surface area (Å²) in [6.45, 7) is 1.61. The molecule has 0 radical (unpaired) electrons. The molecule has 1 saturated carbocycles. The minimum absolute atomic E-state index is 0.0400. The molecule has 2 atom stereocenters. The molecular weight excluding hydrogens is 400 g/mol. The molecule has 0 aromatic carbocycles. The van der Waals surface area contributed by atoms with Gasteiger partial charge < -0.3 is 15.0 Å². The van der Waals surface area contributed by atoms with Crippen molar-refractivity contribution in [2.45, 2.75) is 38.2 Å². The molecule has 0 amide bonds. The summed E-state index contributed by atoms with van der Waals surface area (Å²) in [5.41, 5.74) is 0.375. The van der Waals surface area contributed by atoms with Gasteiger partial charge in [-0.05, 0) is 67.7 Å². The minimum Gasteiger partial charge on any atom is -0.381 e. The maximum absolute atomic E-state index is 13.2. The average Bonchev–Trinajstić information content (AvgIpc) is 3.39. The highest BCUT2D eigenvalue weighted by atomic mass is 19.3. The van der Waals surface area contributed by atoms with Crippen LogP contribution in [-0.4, -0.2) is 58.9 Å². The lowest BCUT2D eigenvalue weighted by atomic mass is 10.00. The monoisotopic (exact) mass is 431 g/mol. The molecule has 5 rings (SSSR count). The smallest absolute Gasteiger partial charge is 0.281 e. The molecule has 2 unspecified atom stereocenters. The second-order valence-corrected chi connectivity index (χ2v) is 8.79. The van der Waals surface area contributed by atoms with Crippen LogP contribution >= 0.6 is 0 Å². The zero-order chi connectivity index (χ0) is 23.0. The highest BCUT2D eigenvalue weighted by Crippen LogP contribution is 2.39. The second kappa shape index (κ2) is 9.12. The van der Waals surface area contributed by atoms with Crippen molar-refractivity contribution in [1.82, 2.24) is 20.1 Å². The first kappa shape index (κ1) is 18.4. The van der Waals surface area contributed by atoms with Gasteiger partial charge in [0.15, 0.2) is 0 Å². The van der Waals surface area contributed by atoms with E-state index in [0.717, 1.165) is 38.8 Å². The van der Waals surface area contributed by atoms with Crippen LogP contribution in [0.25, 0.3) is 11.3 Å². The SMILES string of the molecule is [2H]C([2H])(C1CCOCC1)N1CC2CC(Nc3ccc(-c4cccnc4C(F)F)nn3)CC2C1. The van der Waals surface area contributed by atoms with Crippen LogP contribution in [0.5, 0.6) is 0 Å². The number of alkyl halides is 2. The van der Waals surface area contributed by atoms with E-state index in [2.05, 4.69) is 25.4 Å². The van der Waals surface area contributed by atoms with Crippen molar-refractivity contribution >= 4 is 5.82 Å². The first-order valence-corrected chi connectivity index (χ1v) is 11.1. The Balaban J connectivity index is 1.18. The van der Waals surface area contributed by atoms with Gasteiger partial charge in [-0.2, -0.15) is 0 Å². The van der Waals surface area contributed by atoms with Crippen LogP contribution in [0.1, 0.15) is 40.5 Å². The van der Waals surface area contributed by atoms with E-state index in [1.807, 2.05) is 0 Å². The van der Waals surface area contributed by atoms with Gasteiger partial charge in [0.25, 0.3) is 6.43 Å². The van der Waals surface area contributed by atoms with Crippen molar-refractivity contribution in [3.8, 4) is 11.3 Å². The Morgan fingerprint density at radius 1 is 1.13 bits per heavy atom. The third kappa shape index (κ3) is 4.70. The summed E-state index contributed by atoms with van der Waals surface area (Å²) < 4.78 is 49.3. The number of ether oxygens (including phenoxy) is 1. The van der Waals surface area contributed by atoms with E-state index >= 15 is 0 Å². The van der Waals surface area contributed by atoms with Gasteiger partial charge in [0.05, 0.1) is 5.69 Å². The fraction of sp³-hybridized carbons (Fsp3) is 0.609. The Hall–Kier alpha value is -2.19. The van der Waals surface area contributed by atoms with Crippen LogP contribution in [0.4, 0.5) is 14.6 Å². The normalized spacial score (nSPS) is 28.4. The average molecular weight is 432 g/mol. The Labute approximate surface area is 184 Å². The molecule has 0 spiro atoms. The van der Waals surface area contributed by atoms with Crippen LogP contribution in [0.15, 0.2) is 30.5 Å². The zero-order valence-corrected chi connectivity index (χ0v) is 17.4. The molecular formula is C23H29F2N5O. The predicted molar refractivity (Wildman–Crippen MR) is 114 cm³/mol. The van der Waals surface area contributed by atoms with Gasteiger partial charge in [0.2, 0.25) is 0 Å². The number of likely N-dealkylation sites (tertiary alicyclic amines) is 1. The Kier molecular flexibility index (Phi) is 5.41. The molecule has 31 heavy (non-hydrogen) atoms. The maximum atomic E-state index is 13.2. The van der Waals surface area contributed by atoms with Crippen LogP contribution < -0.4 is 5.32 Å². The lowest BCUT2D eigenvalue weighted by molar-refractivity contribution is 0.0545. The number of hydrogen-bond acceptors (Lipinski definition) is 6. The van der Waals surface area contributed by atoms with Crippen molar-refractivity contribution in [2.75, 3.05) is 38.1 Å². The van der Waals surface area contributed by atoms with E-state index in [9.17, 15) is 8.78 Å². The molecule has 4 heterocycles. The summed E-state index contributed by atoms with van der Waals surface area (Å²) in [7, 11) is 0. The fourth-order valence-electron chi connectivity index (χ4n) is 5.18. The zero-order valence-electron chi connectivity index (χ0n) is 19.4. The number of rotatable bonds is 6. The number of nitrogens with zero attached hydrogens (tertiary/aromatic N) is 4. The van der Waals surface area contributed by atoms with Crippen LogP contribution in [-0.2, 0) is 4.74 Å². The Bertz CT molecular complexity index is 944. The van der Waals surface area contributed by atoms with E-state index < -0.39 is 12.9 Å². The predicted octanol–water partition coefficient (Wildman–Crippen LogP) is 4.03. The number of fused-ring (bicyclic) bond motifs is 1. The third-order valence-electron chi connectivity index (χ3n) is 6.68. The highest BCUT2D eigenvalue weighted by molar-refractivity contribution is 5.62. The van der Waals surface area contributed by atoms with Gasteiger partial charge >= 0.3 is 0 Å². The van der Waals surface area contributed by atoms with Gasteiger partial charge in [0.1, 0.15) is 11.5 Å². The van der Waals surface area contributed by atoms with Gasteiger partial charge in [0, 0.05) is 53.3 Å². The van der Waals surface area contributed by atoms with Gasteiger partial charge in [-0.3, -0.25) is 4.98 Å². The molecule has 3 fully saturated rings.